The number of phenolic OH excluding ortho intramolecular Hbond substituents is 1. The maximum Gasteiger partial charge on any atom is 0.329 e. The number of aliphatic imine (C=N–C) groups is 1. The number of phenols is 1. The first-order valence-electron chi connectivity index (χ1n) is 10.5. The summed E-state index contributed by atoms with van der Waals surface area (Å²) in [5, 5.41) is 13.0. The number of nitrogens with one attached hydrogen (secondary N) is 1. The zero-order chi connectivity index (χ0) is 24.4. The van der Waals surface area contributed by atoms with Gasteiger partial charge in [-0.1, -0.05) is 18.2 Å². The van der Waals surface area contributed by atoms with Gasteiger partial charge in [0.2, 0.25) is 11.8 Å². The Morgan fingerprint density at radius 3 is 2.26 bits per heavy atom. The third-order valence-electron chi connectivity index (χ3n) is 5.70. The molecule has 0 spiro atoms. The minimum absolute atomic E-state index is 0.0876. The molecule has 0 saturated carbocycles. The average molecular weight is 463 g/mol. The summed E-state index contributed by atoms with van der Waals surface area (Å²) in [7, 11) is 6.31. The van der Waals surface area contributed by atoms with Gasteiger partial charge >= 0.3 is 6.03 Å². The van der Waals surface area contributed by atoms with E-state index in [2.05, 4.69) is 15.3 Å². The van der Waals surface area contributed by atoms with Crippen LogP contribution in [-0.2, 0) is 24.7 Å². The van der Waals surface area contributed by atoms with Crippen LogP contribution in [0.2, 0.25) is 0 Å². The number of methoxy groups -OCH3 is 2. The Kier molecular flexibility index (Phi) is 6.22. The third-order valence-corrected chi connectivity index (χ3v) is 5.70. The van der Waals surface area contributed by atoms with Crippen molar-refractivity contribution in [1.82, 2.24) is 19.8 Å². The number of urea groups is 1. The van der Waals surface area contributed by atoms with Crippen LogP contribution in [0.5, 0.6) is 17.2 Å². The number of aromatic nitrogens is 2. The molecule has 1 aromatic heterocycles. The molecular weight excluding hydrogens is 438 g/mol. The van der Waals surface area contributed by atoms with Crippen LogP contribution >= 0.6 is 0 Å². The van der Waals surface area contributed by atoms with Gasteiger partial charge in [-0.3, -0.25) is 15.0 Å². The highest BCUT2D eigenvalue weighted by molar-refractivity contribution is 6.47. The largest absolute Gasteiger partial charge is 0.508 e. The van der Waals surface area contributed by atoms with Crippen molar-refractivity contribution in [2.24, 2.45) is 12.0 Å². The minimum Gasteiger partial charge on any atom is -0.508 e. The summed E-state index contributed by atoms with van der Waals surface area (Å²) in [6.07, 6.45) is 0.866. The van der Waals surface area contributed by atoms with Crippen molar-refractivity contribution in [3.05, 3.63) is 65.0 Å². The lowest BCUT2D eigenvalue weighted by molar-refractivity contribution is -0.119. The summed E-state index contributed by atoms with van der Waals surface area (Å²) >= 11 is 0. The fourth-order valence-corrected chi connectivity index (χ4v) is 3.64. The molecule has 34 heavy (non-hydrogen) atoms. The first-order valence-corrected chi connectivity index (χ1v) is 10.5. The Bertz CT molecular complexity index is 1280. The van der Waals surface area contributed by atoms with E-state index in [1.54, 1.807) is 36.9 Å². The quantitative estimate of drug-likeness (QED) is 0.520. The summed E-state index contributed by atoms with van der Waals surface area (Å²) in [6.45, 7) is 0. The van der Waals surface area contributed by atoms with E-state index in [0.29, 0.717) is 24.2 Å². The van der Waals surface area contributed by atoms with Crippen LogP contribution in [0.3, 0.4) is 0 Å². The van der Waals surface area contributed by atoms with Crippen LogP contribution in [-0.4, -0.2) is 58.6 Å². The number of ether oxygens (including phenoxy) is 2. The van der Waals surface area contributed by atoms with Crippen LogP contribution < -0.4 is 14.8 Å². The van der Waals surface area contributed by atoms with Gasteiger partial charge in [0.1, 0.15) is 17.2 Å². The predicted octanol–water partition coefficient (Wildman–Crippen LogP) is 2.54. The molecule has 0 aliphatic carbocycles. The van der Waals surface area contributed by atoms with E-state index in [9.17, 15) is 14.7 Å². The predicted molar refractivity (Wildman–Crippen MR) is 125 cm³/mol. The molecule has 2 aromatic carbocycles. The van der Waals surface area contributed by atoms with Gasteiger partial charge in [0.25, 0.3) is 5.91 Å². The zero-order valence-corrected chi connectivity index (χ0v) is 19.3. The van der Waals surface area contributed by atoms with Gasteiger partial charge in [0.15, 0.2) is 0 Å². The Morgan fingerprint density at radius 2 is 1.68 bits per heavy atom. The number of amides is 3. The van der Waals surface area contributed by atoms with Crippen molar-refractivity contribution in [3.8, 4) is 17.2 Å². The van der Waals surface area contributed by atoms with Gasteiger partial charge in [-0.05, 0) is 23.8 Å². The second-order valence-corrected chi connectivity index (χ2v) is 7.82. The Balaban J connectivity index is 1.74. The molecule has 4 rings (SSSR count). The van der Waals surface area contributed by atoms with Gasteiger partial charge in [-0.25, -0.2) is 9.78 Å². The second kappa shape index (κ2) is 9.26. The number of benzene rings is 2. The normalized spacial score (nSPS) is 14.6. The number of hydrogen-bond donors (Lipinski definition) is 2. The molecule has 3 amide bonds. The smallest absolute Gasteiger partial charge is 0.329 e. The Labute approximate surface area is 196 Å². The van der Waals surface area contributed by atoms with Crippen molar-refractivity contribution < 1.29 is 24.2 Å². The average Bonchev–Trinajstić information content (AvgIpc) is 3.25. The number of carbonyl (C=O) groups excluding carboxylic acids is 2. The number of rotatable bonds is 7. The van der Waals surface area contributed by atoms with Gasteiger partial charge in [-0.15, -0.1) is 0 Å². The minimum atomic E-state index is -0.542. The van der Waals surface area contributed by atoms with E-state index in [-0.39, 0.29) is 17.5 Å². The fourth-order valence-electron chi connectivity index (χ4n) is 3.64. The molecule has 3 aromatic rings. The number of hydrogen-bond acceptors (Lipinski definition) is 7. The highest BCUT2D eigenvalue weighted by Gasteiger charge is 2.32. The van der Waals surface area contributed by atoms with Gasteiger partial charge in [-0.2, -0.15) is 4.99 Å². The van der Waals surface area contributed by atoms with Crippen molar-refractivity contribution in [2.45, 2.75) is 12.8 Å². The van der Waals surface area contributed by atoms with E-state index in [1.165, 1.54) is 14.2 Å². The summed E-state index contributed by atoms with van der Waals surface area (Å²) in [5.74, 6) is 1.06. The third kappa shape index (κ3) is 4.42. The van der Waals surface area contributed by atoms with Crippen LogP contribution in [0.15, 0.2) is 47.5 Å². The molecule has 10 nitrogen and oxygen atoms in total. The second-order valence-electron chi connectivity index (χ2n) is 7.82. The number of carbonyl (C=O) groups is 2. The van der Waals surface area contributed by atoms with E-state index in [4.69, 9.17) is 9.47 Å². The molecule has 1 fully saturated rings. The SMILES string of the molecule is COc1ccc(Cc2nc(N=C3NC(=O)N(C)C3=O)n(C)c2Cc2ccc(OC)cc2O)cc1. The van der Waals surface area contributed by atoms with Crippen molar-refractivity contribution in [2.75, 3.05) is 21.3 Å². The molecule has 0 unspecified atom stereocenters. The summed E-state index contributed by atoms with van der Waals surface area (Å²) < 4.78 is 12.2. The van der Waals surface area contributed by atoms with Crippen LogP contribution in [0, 0.1) is 0 Å². The van der Waals surface area contributed by atoms with Gasteiger partial charge in [0.05, 0.1) is 19.9 Å². The lowest BCUT2D eigenvalue weighted by Crippen LogP contribution is -2.25. The number of nitrogens with zero attached hydrogens (tertiary/aromatic N) is 4. The van der Waals surface area contributed by atoms with Crippen LogP contribution in [0.25, 0.3) is 0 Å². The number of imidazole rings is 1. The molecule has 2 heterocycles. The molecule has 10 heteroatoms. The summed E-state index contributed by atoms with van der Waals surface area (Å²) in [4.78, 5) is 34.0. The molecule has 1 saturated heterocycles. The molecule has 2 N–H and O–H groups in total. The maximum absolute atomic E-state index is 12.3. The van der Waals surface area contributed by atoms with Gasteiger partial charge in [0, 0.05) is 44.3 Å². The first-order chi connectivity index (χ1) is 16.3. The van der Waals surface area contributed by atoms with Gasteiger partial charge < -0.3 is 19.1 Å². The van der Waals surface area contributed by atoms with E-state index in [0.717, 1.165) is 27.6 Å². The van der Waals surface area contributed by atoms with Crippen molar-refractivity contribution >= 4 is 23.7 Å². The Hall–Kier alpha value is -4.34. The molecule has 176 valence electrons. The lowest BCUT2D eigenvalue weighted by atomic mass is 10.0. The van der Waals surface area contributed by atoms with Crippen LogP contribution in [0.1, 0.15) is 22.5 Å². The lowest BCUT2D eigenvalue weighted by Gasteiger charge is -2.10. The molecular formula is C24H25N5O5. The highest BCUT2D eigenvalue weighted by Crippen LogP contribution is 2.29. The molecule has 0 radical (unpaired) electrons. The summed E-state index contributed by atoms with van der Waals surface area (Å²) in [6, 6.07) is 12.2. The van der Waals surface area contributed by atoms with Crippen molar-refractivity contribution in [3.63, 3.8) is 0 Å². The number of likely N-dealkylation sites (N-methyl/N-ethyl adjacent to an activating group) is 1. The zero-order valence-electron chi connectivity index (χ0n) is 19.3. The monoisotopic (exact) mass is 463 g/mol. The highest BCUT2D eigenvalue weighted by atomic mass is 16.5. The molecule has 1 aliphatic rings. The molecule has 1 aliphatic heterocycles. The molecule has 0 bridgehead atoms. The van der Waals surface area contributed by atoms with Crippen LogP contribution in [0.4, 0.5) is 10.7 Å². The standard InChI is InChI=1S/C24H25N5O5/c1-28-19(12-15-7-10-17(34-4)13-20(15)30)18(11-14-5-8-16(33-3)9-6-14)25-23(28)26-21-22(31)29(2)24(32)27-21/h5-10,13,30H,11-12H2,1-4H3,(H,25,26,27,32). The number of aromatic hydroxyl groups is 1. The maximum atomic E-state index is 12.3. The summed E-state index contributed by atoms with van der Waals surface area (Å²) in [5.41, 5.74) is 3.22. The number of amidine groups is 1. The first kappa shape index (κ1) is 22.8. The Morgan fingerprint density at radius 1 is 1.00 bits per heavy atom. The number of imide groups is 1. The topological polar surface area (TPSA) is 118 Å². The fraction of sp³-hybridized carbons (Fsp3) is 0.250. The van der Waals surface area contributed by atoms with E-state index < -0.39 is 11.9 Å². The van der Waals surface area contributed by atoms with Crippen molar-refractivity contribution in [1.29, 1.82) is 0 Å². The van der Waals surface area contributed by atoms with E-state index in [1.807, 2.05) is 24.3 Å². The molecule has 0 atom stereocenters. The van der Waals surface area contributed by atoms with E-state index >= 15 is 0 Å².